The van der Waals surface area contributed by atoms with Crippen molar-refractivity contribution >= 4 is 5.97 Å². The molecule has 1 aliphatic rings. The molecule has 4 nitrogen and oxygen atoms in total. The van der Waals surface area contributed by atoms with Gasteiger partial charge in [0.1, 0.15) is 5.56 Å². The highest BCUT2D eigenvalue weighted by Crippen LogP contribution is 2.41. The normalized spacial score (nSPS) is 16.7. The van der Waals surface area contributed by atoms with Gasteiger partial charge in [0.05, 0.1) is 5.69 Å². The van der Waals surface area contributed by atoms with Crippen LogP contribution in [0.2, 0.25) is 0 Å². The summed E-state index contributed by atoms with van der Waals surface area (Å²) in [5.41, 5.74) is -0.311. The molecule has 0 radical (unpaired) electrons. The van der Waals surface area contributed by atoms with Crippen molar-refractivity contribution in [3.8, 4) is 0 Å². The van der Waals surface area contributed by atoms with Gasteiger partial charge >= 0.3 is 12.3 Å². The summed E-state index contributed by atoms with van der Waals surface area (Å²) < 4.78 is 36.5. The molecule has 2 rings (SSSR count). The first-order chi connectivity index (χ1) is 6.89. The monoisotopic (exact) mass is 220 g/mol. The topological polar surface area (TPSA) is 55.1 Å². The minimum atomic E-state index is -4.66. The Bertz CT molecular complexity index is 407. The molecule has 1 N–H and O–H groups in total. The molecule has 1 saturated carbocycles. The minimum Gasteiger partial charge on any atom is -0.478 e. The van der Waals surface area contributed by atoms with Gasteiger partial charge in [0, 0.05) is 12.1 Å². The smallest absolute Gasteiger partial charge is 0.478 e. The molecule has 15 heavy (non-hydrogen) atoms. The van der Waals surface area contributed by atoms with Gasteiger partial charge in [-0.2, -0.15) is 9.78 Å². The van der Waals surface area contributed by atoms with E-state index in [1.54, 1.807) is 0 Å². The predicted octanol–water partition coefficient (Wildman–Crippen LogP) is 1.94. The van der Waals surface area contributed by atoms with Crippen LogP contribution in [-0.4, -0.2) is 20.9 Å². The summed E-state index contributed by atoms with van der Waals surface area (Å²) in [6.45, 7) is 0. The van der Waals surface area contributed by atoms with Gasteiger partial charge in [0.25, 0.3) is 0 Å². The summed E-state index contributed by atoms with van der Waals surface area (Å²) in [7, 11) is 0. The maximum Gasteiger partial charge on any atom is 0.504 e. The van der Waals surface area contributed by atoms with Gasteiger partial charge in [-0.15, -0.1) is 13.2 Å². The average molecular weight is 220 g/mol. The zero-order valence-corrected chi connectivity index (χ0v) is 7.45. The van der Waals surface area contributed by atoms with Crippen molar-refractivity contribution in [3.05, 3.63) is 17.5 Å². The van der Waals surface area contributed by atoms with Crippen LogP contribution in [0.3, 0.4) is 0 Å². The van der Waals surface area contributed by atoms with Crippen LogP contribution >= 0.6 is 0 Å². The fraction of sp³-hybridized carbons (Fsp3) is 0.500. The minimum absolute atomic E-state index is 0.0415. The fourth-order valence-electron chi connectivity index (χ4n) is 1.34. The van der Waals surface area contributed by atoms with Crippen molar-refractivity contribution in [2.24, 2.45) is 0 Å². The zero-order valence-electron chi connectivity index (χ0n) is 7.45. The molecule has 7 heteroatoms. The molecule has 0 bridgehead atoms. The van der Waals surface area contributed by atoms with Crippen LogP contribution < -0.4 is 0 Å². The third-order valence-electron chi connectivity index (χ3n) is 2.20. The molecule has 1 aromatic heterocycles. The molecule has 0 amide bonds. The molecule has 0 saturated heterocycles. The maximum atomic E-state index is 12.2. The highest BCUT2D eigenvalue weighted by atomic mass is 19.4. The largest absolute Gasteiger partial charge is 0.504 e. The second kappa shape index (κ2) is 2.98. The Morgan fingerprint density at radius 3 is 2.53 bits per heavy atom. The van der Waals surface area contributed by atoms with E-state index in [0.717, 1.165) is 0 Å². The van der Waals surface area contributed by atoms with E-state index in [9.17, 15) is 18.0 Å². The zero-order chi connectivity index (χ0) is 11.2. The van der Waals surface area contributed by atoms with Gasteiger partial charge < -0.3 is 5.11 Å². The van der Waals surface area contributed by atoms with Crippen molar-refractivity contribution in [2.75, 3.05) is 0 Å². The quantitative estimate of drug-likeness (QED) is 0.828. The Morgan fingerprint density at radius 1 is 1.53 bits per heavy atom. The van der Waals surface area contributed by atoms with E-state index < -0.39 is 12.3 Å². The van der Waals surface area contributed by atoms with Crippen LogP contribution in [-0.2, 0) is 6.30 Å². The highest BCUT2D eigenvalue weighted by Gasteiger charge is 2.38. The van der Waals surface area contributed by atoms with Crippen LogP contribution in [0.15, 0.2) is 6.20 Å². The van der Waals surface area contributed by atoms with Crippen LogP contribution in [0, 0.1) is 0 Å². The third kappa shape index (κ3) is 1.81. The lowest BCUT2D eigenvalue weighted by atomic mass is 10.2. The summed E-state index contributed by atoms with van der Waals surface area (Å²) in [6, 6.07) is 0. The fourth-order valence-corrected chi connectivity index (χ4v) is 1.34. The maximum absolute atomic E-state index is 12.2. The summed E-state index contributed by atoms with van der Waals surface area (Å²) in [5.74, 6) is -1.49. The van der Waals surface area contributed by atoms with E-state index >= 15 is 0 Å². The number of carboxylic acids is 1. The van der Waals surface area contributed by atoms with E-state index in [1.165, 1.54) is 0 Å². The lowest BCUT2D eigenvalue weighted by Gasteiger charge is -2.03. The van der Waals surface area contributed by atoms with Gasteiger partial charge in [-0.1, -0.05) is 0 Å². The summed E-state index contributed by atoms with van der Waals surface area (Å²) in [6.07, 6.45) is -2.72. The van der Waals surface area contributed by atoms with E-state index in [4.69, 9.17) is 5.11 Å². The number of carboxylic acid groups (broad SMARTS) is 1. The van der Waals surface area contributed by atoms with Crippen molar-refractivity contribution in [3.63, 3.8) is 0 Å². The SMILES string of the molecule is O=C(O)c1cn(C(F)(F)F)nc1C1CC1. The van der Waals surface area contributed by atoms with Crippen molar-refractivity contribution in [1.29, 1.82) is 0 Å². The number of rotatable bonds is 2. The number of alkyl halides is 3. The number of aromatic nitrogens is 2. The number of aromatic carboxylic acids is 1. The molecule has 0 atom stereocenters. The van der Waals surface area contributed by atoms with Crippen molar-refractivity contribution in [2.45, 2.75) is 25.1 Å². The van der Waals surface area contributed by atoms with Gasteiger partial charge in [-0.05, 0) is 12.8 Å². The van der Waals surface area contributed by atoms with Crippen LogP contribution in [0.4, 0.5) is 13.2 Å². The average Bonchev–Trinajstić information content (AvgIpc) is 2.81. The second-order valence-corrected chi connectivity index (χ2v) is 3.42. The summed E-state index contributed by atoms with van der Waals surface area (Å²) >= 11 is 0. The molecule has 0 unspecified atom stereocenters. The van der Waals surface area contributed by atoms with Crippen LogP contribution in [0.25, 0.3) is 0 Å². The molecule has 0 spiro atoms. The first-order valence-electron chi connectivity index (χ1n) is 4.29. The Kier molecular flexibility index (Phi) is 1.99. The number of carbonyl (C=O) groups is 1. The van der Waals surface area contributed by atoms with Gasteiger partial charge in [0.15, 0.2) is 0 Å². The molecule has 1 heterocycles. The van der Waals surface area contributed by atoms with Crippen molar-refractivity contribution in [1.82, 2.24) is 9.78 Å². The lowest BCUT2D eigenvalue weighted by molar-refractivity contribution is -0.212. The number of nitrogens with zero attached hydrogens (tertiary/aromatic N) is 2. The summed E-state index contributed by atoms with van der Waals surface area (Å²) in [4.78, 5) is 10.7. The van der Waals surface area contributed by atoms with E-state index in [-0.39, 0.29) is 21.9 Å². The van der Waals surface area contributed by atoms with E-state index in [1.807, 2.05) is 0 Å². The van der Waals surface area contributed by atoms with Gasteiger partial charge in [-0.25, -0.2) is 4.79 Å². The standard InChI is InChI=1S/C8H7F3N2O2/c9-8(10,11)13-3-5(7(14)15)6(12-13)4-1-2-4/h3-4H,1-2H2,(H,14,15). The first kappa shape index (κ1) is 10.0. The number of hydrogen-bond donors (Lipinski definition) is 1. The Hall–Kier alpha value is -1.53. The first-order valence-corrected chi connectivity index (χ1v) is 4.29. The number of halogens is 3. The van der Waals surface area contributed by atoms with Crippen LogP contribution in [0.5, 0.6) is 0 Å². The molecule has 0 aliphatic heterocycles. The predicted molar refractivity (Wildman–Crippen MR) is 42.5 cm³/mol. The molecule has 1 fully saturated rings. The van der Waals surface area contributed by atoms with Crippen molar-refractivity contribution < 1.29 is 23.1 Å². The Balaban J connectivity index is 2.44. The molecule has 1 aliphatic carbocycles. The molecular formula is C8H7F3N2O2. The van der Waals surface area contributed by atoms with Gasteiger partial charge in [-0.3, -0.25) is 0 Å². The second-order valence-electron chi connectivity index (χ2n) is 3.42. The molecule has 82 valence electrons. The summed E-state index contributed by atoms with van der Waals surface area (Å²) in [5, 5.41) is 12.0. The lowest BCUT2D eigenvalue weighted by Crippen LogP contribution is -2.17. The highest BCUT2D eigenvalue weighted by molar-refractivity contribution is 5.89. The van der Waals surface area contributed by atoms with E-state index in [0.29, 0.717) is 19.0 Å². The third-order valence-corrected chi connectivity index (χ3v) is 2.20. The van der Waals surface area contributed by atoms with Gasteiger partial charge in [0.2, 0.25) is 0 Å². The Morgan fingerprint density at radius 2 is 2.13 bits per heavy atom. The number of hydrogen-bond acceptors (Lipinski definition) is 2. The van der Waals surface area contributed by atoms with Crippen LogP contribution in [0.1, 0.15) is 34.8 Å². The molecule has 0 aromatic carbocycles. The Labute approximate surface area is 82.3 Å². The molecule has 1 aromatic rings. The molecular weight excluding hydrogens is 213 g/mol. The van der Waals surface area contributed by atoms with E-state index in [2.05, 4.69) is 5.10 Å².